The van der Waals surface area contributed by atoms with Crippen molar-refractivity contribution in [3.05, 3.63) is 6.33 Å². The van der Waals surface area contributed by atoms with Crippen molar-refractivity contribution < 1.29 is 9.53 Å². The van der Waals surface area contributed by atoms with Gasteiger partial charge in [0.15, 0.2) is 0 Å². The van der Waals surface area contributed by atoms with E-state index in [1.165, 1.54) is 6.33 Å². The van der Waals surface area contributed by atoms with Gasteiger partial charge in [-0.1, -0.05) is 0 Å². The van der Waals surface area contributed by atoms with Crippen molar-refractivity contribution >= 4 is 6.47 Å². The Labute approximate surface area is 44.7 Å². The zero-order valence-electron chi connectivity index (χ0n) is 3.87. The zero-order chi connectivity index (χ0) is 5.82. The predicted octanol–water partition coefficient (Wildman–Crippen LogP) is -0.660. The van der Waals surface area contributed by atoms with Gasteiger partial charge in [-0.2, -0.15) is 10.1 Å². The highest BCUT2D eigenvalue weighted by atomic mass is 16.5. The molecule has 0 saturated heterocycles. The Hall–Kier alpha value is -1.39. The summed E-state index contributed by atoms with van der Waals surface area (Å²) in [5, 5.41) is 5.74. The number of ether oxygens (including phenoxy) is 1. The van der Waals surface area contributed by atoms with E-state index in [-0.39, 0.29) is 12.5 Å². The lowest BCUT2D eigenvalue weighted by Crippen LogP contribution is -1.89. The van der Waals surface area contributed by atoms with Crippen LogP contribution in [0, 0.1) is 0 Å². The number of nitrogens with one attached hydrogen (secondary N) is 1. The predicted molar refractivity (Wildman–Crippen MR) is 23.1 cm³/mol. The molecule has 0 atom stereocenters. The summed E-state index contributed by atoms with van der Waals surface area (Å²) in [6.07, 6.45) is 1.25. The number of nitrogens with zero attached hydrogens (tertiary/aromatic N) is 2. The minimum absolute atomic E-state index is 0.111. The van der Waals surface area contributed by atoms with E-state index >= 15 is 0 Å². The molecule has 1 heterocycles. The lowest BCUT2D eigenvalue weighted by Gasteiger charge is -1.82. The smallest absolute Gasteiger partial charge is 0.319 e. The second-order valence-electron chi connectivity index (χ2n) is 1.00. The first-order valence-corrected chi connectivity index (χ1v) is 1.89. The largest absolute Gasteiger partial charge is 0.393 e. The summed E-state index contributed by atoms with van der Waals surface area (Å²) in [7, 11) is 0. The fourth-order valence-electron chi connectivity index (χ4n) is 0.297. The molecule has 0 unspecified atom stereocenters. The Morgan fingerprint density at radius 1 is 1.88 bits per heavy atom. The van der Waals surface area contributed by atoms with E-state index in [2.05, 4.69) is 19.9 Å². The fourth-order valence-corrected chi connectivity index (χ4v) is 0.297. The van der Waals surface area contributed by atoms with Gasteiger partial charge < -0.3 is 4.74 Å². The van der Waals surface area contributed by atoms with Crippen LogP contribution in [-0.2, 0) is 4.79 Å². The number of aromatic amines is 1. The van der Waals surface area contributed by atoms with Crippen LogP contribution in [0.2, 0.25) is 0 Å². The molecular weight excluding hydrogens is 110 g/mol. The van der Waals surface area contributed by atoms with E-state index in [0.717, 1.165) is 0 Å². The van der Waals surface area contributed by atoms with Gasteiger partial charge in [0.25, 0.3) is 0 Å². The Kier molecular flexibility index (Phi) is 1.23. The Morgan fingerprint density at radius 3 is 3.25 bits per heavy atom. The zero-order valence-corrected chi connectivity index (χ0v) is 3.87. The first-order valence-electron chi connectivity index (χ1n) is 1.89. The number of carbonyl (C=O) groups is 1. The van der Waals surface area contributed by atoms with Gasteiger partial charge in [-0.3, -0.25) is 4.79 Å². The summed E-state index contributed by atoms with van der Waals surface area (Å²) < 4.78 is 4.24. The van der Waals surface area contributed by atoms with Gasteiger partial charge in [-0.15, -0.1) is 0 Å². The van der Waals surface area contributed by atoms with Crippen LogP contribution in [-0.4, -0.2) is 21.7 Å². The Morgan fingerprint density at radius 2 is 2.75 bits per heavy atom. The van der Waals surface area contributed by atoms with Crippen LogP contribution >= 0.6 is 0 Å². The van der Waals surface area contributed by atoms with Crippen LogP contribution in [0.5, 0.6) is 6.01 Å². The molecule has 0 amide bonds. The van der Waals surface area contributed by atoms with E-state index < -0.39 is 0 Å². The van der Waals surface area contributed by atoms with Crippen molar-refractivity contribution in [1.29, 1.82) is 0 Å². The fraction of sp³-hybridized carbons (Fsp3) is 0. The molecular formula is C3H3N3O2. The van der Waals surface area contributed by atoms with E-state index in [0.29, 0.717) is 0 Å². The third-order valence-corrected chi connectivity index (χ3v) is 0.553. The number of hydrogen-bond acceptors (Lipinski definition) is 4. The monoisotopic (exact) mass is 113 g/mol. The van der Waals surface area contributed by atoms with Crippen LogP contribution in [0.15, 0.2) is 6.33 Å². The van der Waals surface area contributed by atoms with Crippen LogP contribution in [0.25, 0.3) is 0 Å². The van der Waals surface area contributed by atoms with Gasteiger partial charge in [0.1, 0.15) is 6.33 Å². The first-order chi connectivity index (χ1) is 3.93. The molecule has 0 saturated carbocycles. The van der Waals surface area contributed by atoms with Gasteiger partial charge in [0.05, 0.1) is 0 Å². The Balaban J connectivity index is 2.62. The molecule has 1 N–H and O–H groups in total. The molecule has 0 aliphatic rings. The highest BCUT2D eigenvalue weighted by molar-refractivity contribution is 5.40. The molecule has 5 heteroatoms. The maximum atomic E-state index is 9.56. The molecule has 1 rings (SSSR count). The lowest BCUT2D eigenvalue weighted by molar-refractivity contribution is -0.121. The van der Waals surface area contributed by atoms with E-state index in [4.69, 9.17) is 0 Å². The number of hydrogen-bond donors (Lipinski definition) is 1. The van der Waals surface area contributed by atoms with Gasteiger partial charge >= 0.3 is 12.5 Å². The average molecular weight is 113 g/mol. The number of carbonyl (C=O) groups excluding carboxylic acids is 1. The second kappa shape index (κ2) is 2.06. The van der Waals surface area contributed by atoms with Crippen LogP contribution in [0.1, 0.15) is 0 Å². The molecule has 0 aliphatic carbocycles. The SMILES string of the molecule is O=COc1ncn[nH]1. The van der Waals surface area contributed by atoms with Crippen molar-refractivity contribution in [3.8, 4) is 6.01 Å². The molecule has 0 spiro atoms. The molecule has 0 radical (unpaired) electrons. The van der Waals surface area contributed by atoms with Gasteiger partial charge in [0.2, 0.25) is 0 Å². The maximum Gasteiger partial charge on any atom is 0.319 e. The van der Waals surface area contributed by atoms with Crippen molar-refractivity contribution in [2.45, 2.75) is 0 Å². The summed E-state index contributed by atoms with van der Waals surface area (Å²) in [6.45, 7) is 0.278. The topological polar surface area (TPSA) is 67.9 Å². The van der Waals surface area contributed by atoms with Gasteiger partial charge in [-0.25, -0.2) is 5.10 Å². The molecule has 0 bridgehead atoms. The van der Waals surface area contributed by atoms with Crippen molar-refractivity contribution in [3.63, 3.8) is 0 Å². The standard InChI is InChI=1S/C3H3N3O2/c7-2-8-3-4-1-5-6-3/h1-2H,(H,4,5,6). The quantitative estimate of drug-likeness (QED) is 0.517. The van der Waals surface area contributed by atoms with E-state index in [9.17, 15) is 4.79 Å². The highest BCUT2D eigenvalue weighted by Gasteiger charge is 1.89. The van der Waals surface area contributed by atoms with Crippen LogP contribution in [0.4, 0.5) is 0 Å². The number of H-pyrrole nitrogens is 1. The third kappa shape index (κ3) is 0.810. The normalized spacial score (nSPS) is 8.50. The Bertz CT molecular complexity index is 159. The van der Waals surface area contributed by atoms with E-state index in [1.54, 1.807) is 0 Å². The maximum absolute atomic E-state index is 9.56. The number of rotatable bonds is 2. The van der Waals surface area contributed by atoms with Crippen LogP contribution < -0.4 is 4.74 Å². The number of aromatic nitrogens is 3. The highest BCUT2D eigenvalue weighted by Crippen LogP contribution is 1.91. The molecule has 5 nitrogen and oxygen atoms in total. The summed E-state index contributed by atoms with van der Waals surface area (Å²) in [6, 6.07) is 0.111. The summed E-state index contributed by atoms with van der Waals surface area (Å²) in [5.74, 6) is 0. The molecule has 1 aromatic heterocycles. The molecule has 8 heavy (non-hydrogen) atoms. The average Bonchev–Trinajstić information content (AvgIpc) is 2.19. The van der Waals surface area contributed by atoms with Crippen molar-refractivity contribution in [1.82, 2.24) is 15.2 Å². The minimum Gasteiger partial charge on any atom is -0.393 e. The van der Waals surface area contributed by atoms with Crippen molar-refractivity contribution in [2.75, 3.05) is 0 Å². The molecule has 0 aliphatic heterocycles. The summed E-state index contributed by atoms with van der Waals surface area (Å²) >= 11 is 0. The molecule has 0 fully saturated rings. The van der Waals surface area contributed by atoms with E-state index in [1.807, 2.05) is 0 Å². The lowest BCUT2D eigenvalue weighted by atomic mass is 11.2. The second-order valence-corrected chi connectivity index (χ2v) is 1.00. The van der Waals surface area contributed by atoms with Gasteiger partial charge in [-0.05, 0) is 0 Å². The molecule has 42 valence electrons. The molecule has 1 aromatic rings. The summed E-state index contributed by atoms with van der Waals surface area (Å²) in [4.78, 5) is 13.0. The minimum atomic E-state index is 0.111. The molecule has 0 aromatic carbocycles. The van der Waals surface area contributed by atoms with Crippen LogP contribution in [0.3, 0.4) is 0 Å². The van der Waals surface area contributed by atoms with Gasteiger partial charge in [0, 0.05) is 0 Å². The third-order valence-electron chi connectivity index (χ3n) is 0.553. The first kappa shape index (κ1) is 4.76. The summed E-state index contributed by atoms with van der Waals surface area (Å²) in [5.41, 5.74) is 0. The van der Waals surface area contributed by atoms with Crippen molar-refractivity contribution in [2.24, 2.45) is 0 Å².